The third-order valence-electron chi connectivity index (χ3n) is 9.05. The molecule has 0 amide bonds. The summed E-state index contributed by atoms with van der Waals surface area (Å²) in [4.78, 5) is 28.0. The van der Waals surface area contributed by atoms with Crippen molar-refractivity contribution in [2.75, 3.05) is 20.6 Å². The van der Waals surface area contributed by atoms with E-state index in [0.29, 0.717) is 19.4 Å². The number of ether oxygens (including phenoxy) is 3. The van der Waals surface area contributed by atoms with Crippen LogP contribution in [0.5, 0.6) is 0 Å². The fourth-order valence-electron chi connectivity index (χ4n) is 6.33. The van der Waals surface area contributed by atoms with Crippen molar-refractivity contribution in [3.05, 3.63) is 0 Å². The quantitative estimate of drug-likeness (QED) is 0.378. The Bertz CT molecular complexity index is 810. The molecule has 4 N–H and O–H groups in total. The third-order valence-corrected chi connectivity index (χ3v) is 9.05. The SMILES string of the molecule is CC[C@H]1OC(=O)[C@H](C)[C@@H](O[C@H]2CC(NC)C(=O)[C@@H](C)O2)[C@H](C)[C@@H](O)[C@](C)(O)C[C@@H](C)CN(C)[C@H](C)[C@@H](O)[C@H]1C. The zero-order valence-corrected chi connectivity index (χ0v) is 25.6. The molecular weight excluding hydrogens is 504 g/mol. The van der Waals surface area contributed by atoms with Crippen molar-refractivity contribution in [1.82, 2.24) is 10.2 Å². The van der Waals surface area contributed by atoms with E-state index in [1.807, 2.05) is 39.6 Å². The molecule has 1 unspecified atom stereocenters. The van der Waals surface area contributed by atoms with Crippen LogP contribution in [0.2, 0.25) is 0 Å². The molecule has 0 aromatic carbocycles. The standard InChI is InChI=1S/C29H54N2O8/c1-11-22-16(3)24(32)19(6)31(10)14-15(2)13-29(8,36)27(34)17(4)26(18(5)28(35)38-22)39-23-12-21(30-9)25(33)20(7)37-23/h15-24,26-27,30,32,34,36H,11-14H2,1-10H3/t15-,16+,17+,18-,19-,20-,21?,22-,23+,24+,26+,27-,29-/m1/s1. The highest BCUT2D eigenvalue weighted by molar-refractivity contribution is 5.88. The maximum Gasteiger partial charge on any atom is 0.311 e. The molecule has 0 saturated carbocycles. The van der Waals surface area contributed by atoms with Gasteiger partial charge in [-0.15, -0.1) is 0 Å². The molecule has 0 radical (unpaired) electrons. The van der Waals surface area contributed by atoms with Crippen LogP contribution in [0.15, 0.2) is 0 Å². The van der Waals surface area contributed by atoms with Gasteiger partial charge in [0.25, 0.3) is 0 Å². The first-order valence-electron chi connectivity index (χ1n) is 14.6. The van der Waals surface area contributed by atoms with Crippen molar-refractivity contribution < 1.29 is 39.1 Å². The van der Waals surface area contributed by atoms with Crippen LogP contribution in [-0.2, 0) is 23.8 Å². The molecule has 0 bridgehead atoms. The number of cyclic esters (lactones) is 1. The Kier molecular flexibility index (Phi) is 12.4. The molecule has 13 atom stereocenters. The first-order valence-corrected chi connectivity index (χ1v) is 14.6. The van der Waals surface area contributed by atoms with Crippen LogP contribution in [0, 0.1) is 23.7 Å². The second kappa shape index (κ2) is 14.2. The molecule has 2 heterocycles. The number of carbonyl (C=O) groups excluding carboxylic acids is 2. The van der Waals surface area contributed by atoms with E-state index in [0.717, 1.165) is 0 Å². The molecule has 10 heteroatoms. The first-order chi connectivity index (χ1) is 18.0. The predicted octanol–water partition coefficient (Wildman–Crippen LogP) is 1.73. The molecule has 0 aromatic heterocycles. The van der Waals surface area contributed by atoms with E-state index in [-0.39, 0.29) is 30.1 Å². The normalized spacial score (nSPS) is 46.3. The summed E-state index contributed by atoms with van der Waals surface area (Å²) in [5.74, 6) is -2.41. The minimum atomic E-state index is -1.48. The Morgan fingerprint density at radius 2 is 1.72 bits per heavy atom. The zero-order chi connectivity index (χ0) is 29.8. The lowest BCUT2D eigenvalue weighted by molar-refractivity contribution is -0.240. The molecule has 228 valence electrons. The lowest BCUT2D eigenvalue weighted by atomic mass is 9.78. The van der Waals surface area contributed by atoms with Gasteiger partial charge in [-0.05, 0) is 60.5 Å². The highest BCUT2D eigenvalue weighted by atomic mass is 16.7. The summed E-state index contributed by atoms with van der Waals surface area (Å²) in [6, 6.07) is -0.672. The number of esters is 1. The first kappa shape index (κ1) is 34.1. The van der Waals surface area contributed by atoms with E-state index in [2.05, 4.69) is 5.32 Å². The Labute approximate surface area is 234 Å². The summed E-state index contributed by atoms with van der Waals surface area (Å²) in [7, 11) is 3.63. The number of rotatable bonds is 4. The van der Waals surface area contributed by atoms with Crippen LogP contribution in [0.4, 0.5) is 0 Å². The highest BCUT2D eigenvalue weighted by Gasteiger charge is 2.46. The summed E-state index contributed by atoms with van der Waals surface area (Å²) in [5, 5.41) is 37.0. The van der Waals surface area contributed by atoms with Crippen LogP contribution in [-0.4, -0.2) is 107 Å². The maximum absolute atomic E-state index is 13.5. The van der Waals surface area contributed by atoms with Crippen molar-refractivity contribution in [3.8, 4) is 0 Å². The molecule has 10 nitrogen and oxygen atoms in total. The van der Waals surface area contributed by atoms with Gasteiger partial charge in [0.1, 0.15) is 12.2 Å². The average molecular weight is 559 g/mol. The van der Waals surface area contributed by atoms with Gasteiger partial charge in [0.05, 0.1) is 35.9 Å². The average Bonchev–Trinajstić information content (AvgIpc) is 2.88. The van der Waals surface area contributed by atoms with Gasteiger partial charge in [-0.1, -0.05) is 27.7 Å². The van der Waals surface area contributed by atoms with Crippen molar-refractivity contribution >= 4 is 11.8 Å². The highest BCUT2D eigenvalue weighted by Crippen LogP contribution is 2.34. The van der Waals surface area contributed by atoms with Gasteiger partial charge in [-0.25, -0.2) is 0 Å². The monoisotopic (exact) mass is 558 g/mol. The van der Waals surface area contributed by atoms with Gasteiger partial charge in [0, 0.05) is 30.8 Å². The molecule has 2 fully saturated rings. The van der Waals surface area contributed by atoms with E-state index in [1.165, 1.54) is 0 Å². The van der Waals surface area contributed by atoms with Gasteiger partial charge >= 0.3 is 5.97 Å². The molecule has 2 saturated heterocycles. The number of carbonyl (C=O) groups is 2. The van der Waals surface area contributed by atoms with E-state index in [1.54, 1.807) is 34.7 Å². The molecule has 0 aromatic rings. The van der Waals surface area contributed by atoms with Crippen LogP contribution < -0.4 is 5.32 Å². The van der Waals surface area contributed by atoms with Gasteiger partial charge in [-0.2, -0.15) is 0 Å². The fourth-order valence-corrected chi connectivity index (χ4v) is 6.33. The van der Waals surface area contributed by atoms with Crippen molar-refractivity contribution in [1.29, 1.82) is 0 Å². The Balaban J connectivity index is 2.46. The number of likely N-dealkylation sites (N-methyl/N-ethyl adjacent to an activating group) is 2. The van der Waals surface area contributed by atoms with Crippen LogP contribution in [0.1, 0.15) is 74.7 Å². The molecule has 2 aliphatic heterocycles. The van der Waals surface area contributed by atoms with E-state index >= 15 is 0 Å². The van der Waals surface area contributed by atoms with Gasteiger partial charge in [-0.3, -0.25) is 9.59 Å². The second-order valence-corrected chi connectivity index (χ2v) is 12.5. The minimum absolute atomic E-state index is 0.00325. The summed E-state index contributed by atoms with van der Waals surface area (Å²) < 4.78 is 18.2. The lowest BCUT2D eigenvalue weighted by Crippen LogP contribution is -2.54. The topological polar surface area (TPSA) is 138 Å². The lowest BCUT2D eigenvalue weighted by Gasteiger charge is -2.42. The number of aliphatic hydroxyl groups is 3. The van der Waals surface area contributed by atoms with E-state index in [4.69, 9.17) is 14.2 Å². The third kappa shape index (κ3) is 8.21. The number of hydrogen-bond donors (Lipinski definition) is 4. The number of aliphatic hydroxyl groups excluding tert-OH is 2. The Morgan fingerprint density at radius 1 is 1.10 bits per heavy atom. The van der Waals surface area contributed by atoms with Crippen LogP contribution in [0.3, 0.4) is 0 Å². The number of nitrogens with zero attached hydrogens (tertiary/aromatic N) is 1. The molecule has 2 rings (SSSR count). The van der Waals surface area contributed by atoms with Crippen molar-refractivity contribution in [3.63, 3.8) is 0 Å². The van der Waals surface area contributed by atoms with Crippen molar-refractivity contribution in [2.45, 2.75) is 129 Å². The summed E-state index contributed by atoms with van der Waals surface area (Å²) in [6.45, 7) is 15.1. The van der Waals surface area contributed by atoms with Crippen molar-refractivity contribution in [2.24, 2.45) is 23.7 Å². The second-order valence-electron chi connectivity index (χ2n) is 12.5. The molecule has 0 aliphatic carbocycles. The molecule has 39 heavy (non-hydrogen) atoms. The summed E-state index contributed by atoms with van der Waals surface area (Å²) in [6.07, 6.45) is -3.77. The molecule has 2 aliphatic rings. The number of Topliss-reactive ketones (excluding diaryl/α,β-unsaturated/α-hetero) is 1. The molecular formula is C29H54N2O8. The number of ketones is 1. The van der Waals surface area contributed by atoms with Gasteiger partial charge < -0.3 is 39.7 Å². The smallest absolute Gasteiger partial charge is 0.311 e. The van der Waals surface area contributed by atoms with Gasteiger partial charge in [0.15, 0.2) is 12.1 Å². The Morgan fingerprint density at radius 3 is 2.28 bits per heavy atom. The Hall–Kier alpha value is -1.14. The summed E-state index contributed by atoms with van der Waals surface area (Å²) >= 11 is 0. The predicted molar refractivity (Wildman–Crippen MR) is 148 cm³/mol. The molecule has 0 spiro atoms. The number of hydrogen-bond acceptors (Lipinski definition) is 10. The zero-order valence-electron chi connectivity index (χ0n) is 25.6. The van der Waals surface area contributed by atoms with Gasteiger partial charge in [0.2, 0.25) is 0 Å². The minimum Gasteiger partial charge on any atom is -0.462 e. The summed E-state index contributed by atoms with van der Waals surface area (Å²) in [5.41, 5.74) is -1.48. The van der Waals surface area contributed by atoms with E-state index < -0.39 is 66.3 Å². The number of nitrogens with one attached hydrogen (secondary N) is 1. The fraction of sp³-hybridized carbons (Fsp3) is 0.931. The van der Waals surface area contributed by atoms with E-state index in [9.17, 15) is 24.9 Å². The van der Waals surface area contributed by atoms with Crippen LogP contribution in [0.25, 0.3) is 0 Å². The van der Waals surface area contributed by atoms with Crippen LogP contribution >= 0.6 is 0 Å². The largest absolute Gasteiger partial charge is 0.462 e. The maximum atomic E-state index is 13.5.